The first kappa shape index (κ1) is 15.7. The maximum Gasteiger partial charge on any atom is 0.451 e. The summed E-state index contributed by atoms with van der Waals surface area (Å²) >= 11 is 0. The average molecular weight is 292 g/mol. The van der Waals surface area contributed by atoms with E-state index in [1.165, 1.54) is 6.07 Å². The molecule has 1 aromatic carbocycles. The lowest BCUT2D eigenvalue weighted by Crippen LogP contribution is -2.31. The van der Waals surface area contributed by atoms with Crippen molar-refractivity contribution in [1.29, 1.82) is 0 Å². The first-order chi connectivity index (χ1) is 8.19. The van der Waals surface area contributed by atoms with Crippen molar-refractivity contribution in [3.05, 3.63) is 35.8 Å². The van der Waals surface area contributed by atoms with E-state index in [4.69, 9.17) is 5.73 Å². The van der Waals surface area contributed by atoms with Crippen LogP contribution in [0.4, 0.5) is 13.2 Å². The van der Waals surface area contributed by atoms with Gasteiger partial charge in [-0.3, -0.25) is 0 Å². The summed E-state index contributed by atoms with van der Waals surface area (Å²) in [6.45, 7) is 3.23. The number of aromatic nitrogens is 2. The SMILES string of the molecule is CC(C)(N)c1nc(C(F)(F)F)nc2ccccc12.Cl. The minimum atomic E-state index is -4.58. The van der Waals surface area contributed by atoms with E-state index in [-0.39, 0.29) is 23.6 Å². The van der Waals surface area contributed by atoms with Crippen molar-refractivity contribution >= 4 is 23.3 Å². The van der Waals surface area contributed by atoms with Gasteiger partial charge in [0, 0.05) is 5.39 Å². The van der Waals surface area contributed by atoms with Crippen LogP contribution in [0.1, 0.15) is 25.4 Å². The molecule has 0 aliphatic heterocycles. The summed E-state index contributed by atoms with van der Waals surface area (Å²) in [5.74, 6) is -1.16. The van der Waals surface area contributed by atoms with Crippen molar-refractivity contribution in [2.75, 3.05) is 0 Å². The highest BCUT2D eigenvalue weighted by molar-refractivity contribution is 5.85. The quantitative estimate of drug-likeness (QED) is 0.877. The molecule has 104 valence electrons. The van der Waals surface area contributed by atoms with E-state index >= 15 is 0 Å². The maximum atomic E-state index is 12.7. The third-order valence-corrected chi connectivity index (χ3v) is 2.47. The Labute approximate surface area is 114 Å². The highest BCUT2D eigenvalue weighted by Gasteiger charge is 2.36. The zero-order valence-electron chi connectivity index (χ0n) is 10.3. The summed E-state index contributed by atoms with van der Waals surface area (Å²) in [7, 11) is 0. The Morgan fingerprint density at radius 2 is 1.63 bits per heavy atom. The third-order valence-electron chi connectivity index (χ3n) is 2.47. The van der Waals surface area contributed by atoms with E-state index in [9.17, 15) is 13.2 Å². The first-order valence-electron chi connectivity index (χ1n) is 5.33. The lowest BCUT2D eigenvalue weighted by Gasteiger charge is -2.21. The number of fused-ring (bicyclic) bond motifs is 1. The molecule has 7 heteroatoms. The molecule has 0 unspecified atom stereocenters. The van der Waals surface area contributed by atoms with Crippen LogP contribution < -0.4 is 5.73 Å². The maximum absolute atomic E-state index is 12.7. The molecule has 0 amide bonds. The lowest BCUT2D eigenvalue weighted by atomic mass is 9.97. The fourth-order valence-corrected chi connectivity index (χ4v) is 1.69. The van der Waals surface area contributed by atoms with E-state index in [0.29, 0.717) is 5.39 Å². The Morgan fingerprint density at radius 1 is 1.05 bits per heavy atom. The fraction of sp³-hybridized carbons (Fsp3) is 0.333. The number of rotatable bonds is 1. The fourth-order valence-electron chi connectivity index (χ4n) is 1.69. The number of halogens is 4. The molecule has 0 fully saturated rings. The second-order valence-electron chi connectivity index (χ2n) is 4.63. The molecule has 1 aromatic heterocycles. The lowest BCUT2D eigenvalue weighted by molar-refractivity contribution is -0.144. The molecule has 0 saturated heterocycles. The minimum Gasteiger partial charge on any atom is -0.321 e. The summed E-state index contributed by atoms with van der Waals surface area (Å²) < 4.78 is 38.2. The first-order valence-corrected chi connectivity index (χ1v) is 5.33. The molecule has 3 nitrogen and oxygen atoms in total. The zero-order chi connectivity index (χ0) is 13.6. The van der Waals surface area contributed by atoms with Gasteiger partial charge >= 0.3 is 6.18 Å². The van der Waals surface area contributed by atoms with Gasteiger partial charge in [0.15, 0.2) is 0 Å². The van der Waals surface area contributed by atoms with Crippen molar-refractivity contribution < 1.29 is 13.2 Å². The summed E-state index contributed by atoms with van der Waals surface area (Å²) in [4.78, 5) is 7.11. The van der Waals surface area contributed by atoms with Crippen LogP contribution in [-0.4, -0.2) is 9.97 Å². The van der Waals surface area contributed by atoms with Gasteiger partial charge in [-0.1, -0.05) is 18.2 Å². The number of nitrogens with zero attached hydrogens (tertiary/aromatic N) is 2. The van der Waals surface area contributed by atoms with Gasteiger partial charge < -0.3 is 5.73 Å². The Bertz CT molecular complexity index is 591. The van der Waals surface area contributed by atoms with Gasteiger partial charge in [0.05, 0.1) is 16.7 Å². The molecule has 0 aliphatic carbocycles. The van der Waals surface area contributed by atoms with Crippen LogP contribution in [-0.2, 0) is 11.7 Å². The summed E-state index contributed by atoms with van der Waals surface area (Å²) in [6, 6.07) is 6.53. The van der Waals surface area contributed by atoms with Crippen molar-refractivity contribution in [2.45, 2.75) is 25.6 Å². The summed E-state index contributed by atoms with van der Waals surface area (Å²) in [6.07, 6.45) is -4.58. The van der Waals surface area contributed by atoms with Crippen molar-refractivity contribution in [3.8, 4) is 0 Å². The second-order valence-corrected chi connectivity index (χ2v) is 4.63. The Hall–Kier alpha value is -1.40. The Kier molecular flexibility index (Phi) is 4.07. The molecule has 19 heavy (non-hydrogen) atoms. The molecule has 0 spiro atoms. The molecular weight excluding hydrogens is 279 g/mol. The second kappa shape index (κ2) is 4.94. The van der Waals surface area contributed by atoms with Crippen LogP contribution in [0.5, 0.6) is 0 Å². The highest BCUT2D eigenvalue weighted by atomic mass is 35.5. The van der Waals surface area contributed by atoms with Gasteiger partial charge in [-0.05, 0) is 19.9 Å². The molecule has 0 saturated carbocycles. The van der Waals surface area contributed by atoms with Gasteiger partial charge in [0.2, 0.25) is 5.82 Å². The molecular formula is C12H13ClF3N3. The molecule has 2 rings (SSSR count). The van der Waals surface area contributed by atoms with Gasteiger partial charge in [0.1, 0.15) is 0 Å². The third kappa shape index (κ3) is 3.13. The van der Waals surface area contributed by atoms with Gasteiger partial charge in [-0.15, -0.1) is 12.4 Å². The van der Waals surface area contributed by atoms with Gasteiger partial charge in [-0.25, -0.2) is 9.97 Å². The number of benzene rings is 1. The summed E-state index contributed by atoms with van der Waals surface area (Å²) in [5, 5.41) is 0.540. The number of nitrogens with two attached hydrogens (primary N) is 1. The van der Waals surface area contributed by atoms with E-state index in [1.807, 2.05) is 0 Å². The topological polar surface area (TPSA) is 51.8 Å². The number of para-hydroxylation sites is 1. The van der Waals surface area contributed by atoms with Crippen molar-refractivity contribution in [1.82, 2.24) is 9.97 Å². The standard InChI is InChI=1S/C12H12F3N3.ClH/c1-11(2,16)9-7-5-3-4-6-8(7)17-10(18-9)12(13,14)15;/h3-6H,16H2,1-2H3;1H. The molecule has 0 aliphatic rings. The Balaban J connectivity index is 0.00000180. The molecule has 2 N–H and O–H groups in total. The molecule has 0 atom stereocenters. The van der Waals surface area contributed by atoms with E-state index in [0.717, 1.165) is 0 Å². The van der Waals surface area contributed by atoms with E-state index < -0.39 is 17.5 Å². The molecule has 0 bridgehead atoms. The smallest absolute Gasteiger partial charge is 0.321 e. The molecule has 0 radical (unpaired) electrons. The average Bonchev–Trinajstić information content (AvgIpc) is 2.25. The molecule has 1 heterocycles. The monoisotopic (exact) mass is 291 g/mol. The zero-order valence-corrected chi connectivity index (χ0v) is 11.1. The van der Waals surface area contributed by atoms with Crippen molar-refractivity contribution in [2.24, 2.45) is 5.73 Å². The summed E-state index contributed by atoms with van der Waals surface area (Å²) in [5.41, 5.74) is 5.35. The van der Waals surface area contributed by atoms with Crippen LogP contribution in [0.15, 0.2) is 24.3 Å². The van der Waals surface area contributed by atoms with E-state index in [2.05, 4.69) is 9.97 Å². The van der Waals surface area contributed by atoms with Crippen LogP contribution in [0, 0.1) is 0 Å². The number of hydrogen-bond acceptors (Lipinski definition) is 3. The van der Waals surface area contributed by atoms with Gasteiger partial charge in [0.25, 0.3) is 0 Å². The molecule has 2 aromatic rings. The van der Waals surface area contributed by atoms with Crippen LogP contribution >= 0.6 is 12.4 Å². The van der Waals surface area contributed by atoms with Crippen LogP contribution in [0.3, 0.4) is 0 Å². The highest BCUT2D eigenvalue weighted by Crippen LogP contribution is 2.31. The predicted molar refractivity (Wildman–Crippen MR) is 69.0 cm³/mol. The predicted octanol–water partition coefficient (Wildman–Crippen LogP) is 3.26. The largest absolute Gasteiger partial charge is 0.451 e. The minimum absolute atomic E-state index is 0. The van der Waals surface area contributed by atoms with E-state index in [1.54, 1.807) is 32.0 Å². The number of alkyl halides is 3. The van der Waals surface area contributed by atoms with Gasteiger partial charge in [-0.2, -0.15) is 13.2 Å². The Morgan fingerprint density at radius 3 is 2.16 bits per heavy atom. The van der Waals surface area contributed by atoms with Crippen LogP contribution in [0.25, 0.3) is 10.9 Å². The number of hydrogen-bond donors (Lipinski definition) is 1. The normalized spacial score (nSPS) is 12.3. The van der Waals surface area contributed by atoms with Crippen molar-refractivity contribution in [3.63, 3.8) is 0 Å². The van der Waals surface area contributed by atoms with Crippen LogP contribution in [0.2, 0.25) is 0 Å².